The van der Waals surface area contributed by atoms with Gasteiger partial charge in [-0.1, -0.05) is 5.16 Å². The first-order valence-corrected chi connectivity index (χ1v) is 8.62. The van der Waals surface area contributed by atoms with Crippen molar-refractivity contribution >= 4 is 11.0 Å². The number of halogens is 1. The fourth-order valence-corrected chi connectivity index (χ4v) is 2.82. The van der Waals surface area contributed by atoms with Crippen LogP contribution in [0.25, 0.3) is 11.0 Å². The van der Waals surface area contributed by atoms with Gasteiger partial charge in [-0.3, -0.25) is 9.36 Å². The van der Waals surface area contributed by atoms with Crippen molar-refractivity contribution in [3.8, 4) is 0 Å². The summed E-state index contributed by atoms with van der Waals surface area (Å²) in [5, 5.41) is 13.6. The molecule has 8 heteroatoms. The summed E-state index contributed by atoms with van der Waals surface area (Å²) in [7, 11) is 0. The smallest absolute Gasteiger partial charge is 0.257 e. The summed E-state index contributed by atoms with van der Waals surface area (Å²) >= 11 is 0. The Labute approximate surface area is 210 Å². The molecule has 7 nitrogen and oxygen atoms in total. The summed E-state index contributed by atoms with van der Waals surface area (Å²) in [6.07, 6.45) is -23.5. The summed E-state index contributed by atoms with van der Waals surface area (Å²) in [4.78, 5) is 16.5. The second-order valence-electron chi connectivity index (χ2n) is 6.21. The number of aliphatic hydroxyl groups is 1. The fraction of sp³-hybridized carbons (Fsp3) is 0.522. The number of aliphatic hydroxyl groups excluding tert-OH is 1. The van der Waals surface area contributed by atoms with Gasteiger partial charge in [-0.25, -0.2) is 9.37 Å². The Morgan fingerprint density at radius 1 is 1.39 bits per heavy atom. The highest BCUT2D eigenvalue weighted by molar-refractivity contribution is 5.79. The molecule has 0 spiro atoms. The second-order valence-corrected chi connectivity index (χ2v) is 6.21. The SMILES string of the molecule is [2H]C([2H])([2H])c1nc2n(c(=O)c1C([2H])([2H])C([2H])([2H])N1C([2H])([2H])C([2H])([2H])C([2H])(c3noc4cc(F)ccc34)C([2H])([2H])C1([2H])[2H])C([2H])([2H])C([2H])([2H])C([2H])([2H])C2O. The summed E-state index contributed by atoms with van der Waals surface area (Å²) in [5.74, 6) is -6.33. The first kappa shape index (κ1) is 7.22. The van der Waals surface area contributed by atoms with E-state index >= 15 is 0 Å². The Kier molecular flexibility index (Phi) is 1.90. The molecule has 0 radical (unpaired) electrons. The number of rotatable bonds is 4. The summed E-state index contributed by atoms with van der Waals surface area (Å²) < 4.78 is 205. The molecule has 0 saturated carbocycles. The predicted octanol–water partition coefficient (Wildman–Crippen LogP) is 3.08. The third-order valence-corrected chi connectivity index (χ3v) is 4.28. The topological polar surface area (TPSA) is 84.4 Å². The number of piperidine rings is 1. The molecule has 1 N–H and O–H groups in total. The highest BCUT2D eigenvalue weighted by atomic mass is 19.1. The lowest BCUT2D eigenvalue weighted by molar-refractivity contribution is 0.129. The van der Waals surface area contributed by atoms with Gasteiger partial charge in [0.25, 0.3) is 5.56 Å². The largest absolute Gasteiger partial charge is 0.385 e. The van der Waals surface area contributed by atoms with Gasteiger partial charge in [0.1, 0.15) is 17.7 Å². The van der Waals surface area contributed by atoms with E-state index in [2.05, 4.69) is 10.1 Å². The molecular weight excluding hydrogens is 399 g/mol. The first-order valence-electron chi connectivity index (χ1n) is 19.6. The zero-order valence-corrected chi connectivity index (χ0v) is 15.2. The van der Waals surface area contributed by atoms with E-state index in [-0.39, 0.29) is 0 Å². The lowest BCUT2D eigenvalue weighted by atomic mass is 9.91. The van der Waals surface area contributed by atoms with Crippen LogP contribution in [0.2, 0.25) is 0 Å². The third kappa shape index (κ3) is 3.78. The minimum Gasteiger partial charge on any atom is -0.385 e. The molecule has 0 aliphatic carbocycles. The molecule has 1 unspecified atom stereocenters. The van der Waals surface area contributed by atoms with Crippen LogP contribution in [0.5, 0.6) is 0 Å². The molecule has 1 aromatic carbocycles. The monoisotopic (exact) mass is 448 g/mol. The molecule has 2 aromatic heterocycles. The number of aryl methyl sites for hydroxylation is 1. The van der Waals surface area contributed by atoms with E-state index in [0.717, 1.165) is 12.1 Å². The van der Waals surface area contributed by atoms with Crippen LogP contribution in [-0.2, 0) is 12.9 Å². The van der Waals surface area contributed by atoms with Gasteiger partial charge in [0, 0.05) is 71.8 Å². The molecule has 4 heterocycles. The Morgan fingerprint density at radius 3 is 3.03 bits per heavy atom. The van der Waals surface area contributed by atoms with Crippen LogP contribution in [0, 0.1) is 12.7 Å². The Hall–Kier alpha value is -2.58. The van der Waals surface area contributed by atoms with Crippen molar-refractivity contribution in [1.82, 2.24) is 19.6 Å². The van der Waals surface area contributed by atoms with Gasteiger partial charge in [0.2, 0.25) is 0 Å². The lowest BCUT2D eigenvalue weighted by Crippen LogP contribution is -2.37. The molecule has 1 fully saturated rings. The van der Waals surface area contributed by atoms with Gasteiger partial charge in [-0.05, 0) is 63.8 Å². The molecule has 164 valence electrons. The second kappa shape index (κ2) is 8.16. The van der Waals surface area contributed by atoms with Gasteiger partial charge in [0.15, 0.2) is 5.58 Å². The van der Waals surface area contributed by atoms with Crippen molar-refractivity contribution in [2.75, 3.05) is 19.5 Å². The molecule has 2 aliphatic rings. The van der Waals surface area contributed by atoms with Crippen molar-refractivity contribution < 1.29 is 44.2 Å². The van der Waals surface area contributed by atoms with Gasteiger partial charge in [0.05, 0.1) is 5.69 Å². The van der Waals surface area contributed by atoms with Crippen LogP contribution in [0.1, 0.15) is 90.4 Å². The van der Waals surface area contributed by atoms with Gasteiger partial charge >= 0.3 is 0 Å². The van der Waals surface area contributed by atoms with Gasteiger partial charge < -0.3 is 14.5 Å². The van der Waals surface area contributed by atoms with Crippen LogP contribution >= 0.6 is 0 Å². The van der Waals surface area contributed by atoms with E-state index < -0.39 is 131 Å². The van der Waals surface area contributed by atoms with E-state index in [4.69, 9.17) is 34.7 Å². The van der Waals surface area contributed by atoms with Crippen LogP contribution in [0.3, 0.4) is 0 Å². The molecule has 5 rings (SSSR count). The zero-order valence-electron chi connectivity index (χ0n) is 37.2. The van der Waals surface area contributed by atoms with E-state index in [1.165, 1.54) is 0 Å². The highest BCUT2D eigenvalue weighted by Gasteiger charge is 2.26. The van der Waals surface area contributed by atoms with Crippen LogP contribution in [-0.4, -0.2) is 44.2 Å². The number of hydrogen-bond donors (Lipinski definition) is 1. The standard InChI is InChI=1S/C23H27FN4O3/c1-14-17(23(30)28-9-2-3-19(29)22(28)25-14)8-12-27-10-6-15(7-11-27)21-18-5-4-16(24)13-20(18)31-26-21/h4-5,13,15,19,29H,2-3,6-12H2,1H3/i1D3,2D2,3D2,6D2,7D2,8D2,9D2,10D2,11D2,12D2,15D. The van der Waals surface area contributed by atoms with E-state index in [1.54, 1.807) is 0 Å². The summed E-state index contributed by atoms with van der Waals surface area (Å²) in [6, 6.07) is 2.27. The van der Waals surface area contributed by atoms with Crippen molar-refractivity contribution in [3.63, 3.8) is 0 Å². The van der Waals surface area contributed by atoms with E-state index in [0.29, 0.717) is 6.07 Å². The fourth-order valence-electron chi connectivity index (χ4n) is 2.82. The Morgan fingerprint density at radius 2 is 2.23 bits per heavy atom. The Balaban J connectivity index is 1.84. The highest BCUT2D eigenvalue weighted by Crippen LogP contribution is 2.32. The molecule has 0 amide bonds. The summed E-state index contributed by atoms with van der Waals surface area (Å²) in [6.45, 7) is -21.3. The zero-order chi connectivity index (χ0) is 41.1. The maximum Gasteiger partial charge on any atom is 0.257 e. The number of fused-ring (bicyclic) bond motifs is 2. The molecule has 0 bridgehead atoms. The predicted molar refractivity (Wildman–Crippen MR) is 114 cm³/mol. The first-order chi connectivity index (χ1) is 23.4. The minimum absolute atomic E-state index is 0.469. The van der Waals surface area contributed by atoms with Gasteiger partial charge in [-0.2, -0.15) is 0 Å². The number of nitrogens with zero attached hydrogens (tertiary/aromatic N) is 4. The van der Waals surface area contributed by atoms with Crippen LogP contribution in [0.4, 0.5) is 4.39 Å². The average molecular weight is 449 g/mol. The molecule has 1 saturated heterocycles. The maximum absolute atomic E-state index is 14.1. The van der Waals surface area contributed by atoms with Gasteiger partial charge in [-0.15, -0.1) is 0 Å². The lowest BCUT2D eigenvalue weighted by Gasteiger charge is -2.31. The van der Waals surface area contributed by atoms with Crippen LogP contribution < -0.4 is 5.56 Å². The number of hydrogen-bond acceptors (Lipinski definition) is 6. The Bertz CT molecular complexity index is 2050. The molecule has 1 atom stereocenters. The van der Waals surface area contributed by atoms with Crippen molar-refractivity contribution in [3.05, 3.63) is 57.1 Å². The van der Waals surface area contributed by atoms with Crippen molar-refractivity contribution in [2.24, 2.45) is 0 Å². The average Bonchev–Trinajstić information content (AvgIpc) is 3.40. The maximum atomic E-state index is 14.1. The number of likely N-dealkylation sites (tertiary alicyclic amines) is 1. The summed E-state index contributed by atoms with van der Waals surface area (Å²) in [5.41, 5.74) is -7.83. The normalized spacial score (nSPS) is 44.5. The van der Waals surface area contributed by atoms with E-state index in [1.807, 2.05) is 0 Å². The minimum atomic E-state index is -4.67. The van der Waals surface area contributed by atoms with Crippen molar-refractivity contribution in [1.29, 1.82) is 0 Å². The molecule has 31 heavy (non-hydrogen) atoms. The molecule has 2 aliphatic heterocycles. The van der Waals surface area contributed by atoms with E-state index in [9.17, 15) is 14.3 Å². The van der Waals surface area contributed by atoms with Crippen molar-refractivity contribution in [2.45, 2.75) is 57.2 Å². The molecular formula is C23H27FN4O3. The quantitative estimate of drug-likeness (QED) is 0.660. The third-order valence-electron chi connectivity index (χ3n) is 4.28. The molecule has 3 aromatic rings. The number of aromatic nitrogens is 3. The number of benzene rings is 1. The van der Waals surface area contributed by atoms with Crippen LogP contribution in [0.15, 0.2) is 27.5 Å².